The molecule has 2 nitrogen and oxygen atoms in total. The molecule has 5 heteroatoms. The van der Waals surface area contributed by atoms with E-state index in [2.05, 4.69) is 5.32 Å². The highest BCUT2D eigenvalue weighted by atomic mass is 19.1. The Hall–Kier alpha value is -2.01. The molecule has 0 heterocycles. The molecule has 0 bridgehead atoms. The fourth-order valence-electron chi connectivity index (χ4n) is 1.79. The molecule has 0 aliphatic rings. The van der Waals surface area contributed by atoms with Gasteiger partial charge < -0.3 is 11.1 Å². The first-order valence-corrected chi connectivity index (χ1v) is 5.77. The van der Waals surface area contributed by atoms with E-state index in [1.807, 2.05) is 0 Å². The first-order valence-electron chi connectivity index (χ1n) is 5.77. The smallest absolute Gasteiger partial charge is 0.128 e. The lowest BCUT2D eigenvalue weighted by Gasteiger charge is -2.19. The van der Waals surface area contributed by atoms with Crippen molar-refractivity contribution in [2.45, 2.75) is 6.04 Å². The van der Waals surface area contributed by atoms with Crippen LogP contribution in [0.5, 0.6) is 0 Å². The van der Waals surface area contributed by atoms with Crippen molar-refractivity contribution in [1.82, 2.24) is 0 Å². The van der Waals surface area contributed by atoms with E-state index in [1.165, 1.54) is 24.3 Å². The van der Waals surface area contributed by atoms with Crippen LogP contribution < -0.4 is 11.1 Å². The minimum atomic E-state index is -0.582. The van der Waals surface area contributed by atoms with Crippen LogP contribution in [-0.2, 0) is 0 Å². The Balaban J connectivity index is 2.24. The highest BCUT2D eigenvalue weighted by Crippen LogP contribution is 2.22. The summed E-state index contributed by atoms with van der Waals surface area (Å²) in [7, 11) is 0. The van der Waals surface area contributed by atoms with E-state index >= 15 is 0 Å². The standard InChI is InChI=1S/C14H13F3N2/c15-9-1-4-11(5-2-9)19-14(8-18)12-7-10(16)3-6-13(12)17/h1-7,14,19H,8,18H2. The maximum atomic E-state index is 13.7. The summed E-state index contributed by atoms with van der Waals surface area (Å²) in [6.45, 7) is 0.0811. The Kier molecular flexibility index (Phi) is 4.06. The average molecular weight is 266 g/mol. The van der Waals surface area contributed by atoms with Crippen LogP contribution in [0.1, 0.15) is 11.6 Å². The van der Waals surface area contributed by atoms with Crippen molar-refractivity contribution in [3.05, 3.63) is 65.5 Å². The minimum absolute atomic E-state index is 0.0811. The first-order chi connectivity index (χ1) is 9.10. The van der Waals surface area contributed by atoms with Crippen LogP contribution in [0.3, 0.4) is 0 Å². The molecule has 0 spiro atoms. The van der Waals surface area contributed by atoms with Crippen LogP contribution >= 0.6 is 0 Å². The summed E-state index contributed by atoms with van der Waals surface area (Å²) in [4.78, 5) is 0. The van der Waals surface area contributed by atoms with Crippen LogP contribution in [0.4, 0.5) is 18.9 Å². The number of hydrogen-bond acceptors (Lipinski definition) is 2. The van der Waals surface area contributed by atoms with Crippen molar-refractivity contribution < 1.29 is 13.2 Å². The molecule has 0 saturated heterocycles. The number of anilines is 1. The predicted molar refractivity (Wildman–Crippen MR) is 68.2 cm³/mol. The Labute approximate surface area is 109 Å². The van der Waals surface area contributed by atoms with Gasteiger partial charge in [0.25, 0.3) is 0 Å². The van der Waals surface area contributed by atoms with Crippen LogP contribution in [0.2, 0.25) is 0 Å². The first kappa shape index (κ1) is 13.4. The summed E-state index contributed by atoms with van der Waals surface area (Å²) < 4.78 is 39.6. The van der Waals surface area contributed by atoms with Gasteiger partial charge in [-0.1, -0.05) is 0 Å². The van der Waals surface area contributed by atoms with Gasteiger partial charge >= 0.3 is 0 Å². The summed E-state index contributed by atoms with van der Waals surface area (Å²) >= 11 is 0. The lowest BCUT2D eigenvalue weighted by molar-refractivity contribution is 0.572. The summed E-state index contributed by atoms with van der Waals surface area (Å²) in [5, 5.41) is 2.94. The van der Waals surface area contributed by atoms with Gasteiger partial charge in [-0.2, -0.15) is 0 Å². The lowest BCUT2D eigenvalue weighted by atomic mass is 10.1. The molecule has 1 atom stereocenters. The molecule has 0 aliphatic carbocycles. The lowest BCUT2D eigenvalue weighted by Crippen LogP contribution is -2.21. The largest absolute Gasteiger partial charge is 0.377 e. The van der Waals surface area contributed by atoms with Crippen LogP contribution in [-0.4, -0.2) is 6.54 Å². The number of hydrogen-bond donors (Lipinski definition) is 2. The molecule has 100 valence electrons. The molecule has 19 heavy (non-hydrogen) atoms. The molecule has 2 aromatic carbocycles. The monoisotopic (exact) mass is 266 g/mol. The number of nitrogens with two attached hydrogens (primary N) is 1. The molecule has 3 N–H and O–H groups in total. The maximum absolute atomic E-state index is 13.7. The molecule has 0 saturated carbocycles. The third-order valence-electron chi connectivity index (χ3n) is 2.75. The molecule has 0 amide bonds. The number of nitrogens with one attached hydrogen (secondary N) is 1. The second-order valence-electron chi connectivity index (χ2n) is 4.11. The molecular formula is C14H13F3N2. The van der Waals surface area contributed by atoms with Crippen LogP contribution in [0.15, 0.2) is 42.5 Å². The van der Waals surface area contributed by atoms with Crippen molar-refractivity contribution in [2.75, 3.05) is 11.9 Å². The van der Waals surface area contributed by atoms with Gasteiger partial charge in [-0.3, -0.25) is 0 Å². The zero-order valence-electron chi connectivity index (χ0n) is 10.0. The molecule has 1 unspecified atom stereocenters. The van der Waals surface area contributed by atoms with Gasteiger partial charge in [0.2, 0.25) is 0 Å². The number of halogens is 3. The fraction of sp³-hybridized carbons (Fsp3) is 0.143. The highest BCUT2D eigenvalue weighted by Gasteiger charge is 2.15. The third-order valence-corrected chi connectivity index (χ3v) is 2.75. The highest BCUT2D eigenvalue weighted by molar-refractivity contribution is 5.45. The summed E-state index contributed by atoms with van der Waals surface area (Å²) in [5.41, 5.74) is 6.30. The fourth-order valence-corrected chi connectivity index (χ4v) is 1.79. The normalized spacial score (nSPS) is 12.2. The van der Waals surface area contributed by atoms with Crippen molar-refractivity contribution in [3.8, 4) is 0 Å². The summed E-state index contributed by atoms with van der Waals surface area (Å²) in [6.07, 6.45) is 0. The number of benzene rings is 2. The van der Waals surface area contributed by atoms with Crippen molar-refractivity contribution >= 4 is 5.69 Å². The van der Waals surface area contributed by atoms with E-state index < -0.39 is 17.7 Å². The van der Waals surface area contributed by atoms with Gasteiger partial charge in [0.15, 0.2) is 0 Å². The topological polar surface area (TPSA) is 38.0 Å². The minimum Gasteiger partial charge on any atom is -0.377 e. The van der Waals surface area contributed by atoms with Gasteiger partial charge in [0.1, 0.15) is 17.5 Å². The van der Waals surface area contributed by atoms with Crippen LogP contribution in [0, 0.1) is 17.5 Å². The van der Waals surface area contributed by atoms with Gasteiger partial charge in [-0.25, -0.2) is 13.2 Å². The molecule has 0 aliphatic heterocycles. The van der Waals surface area contributed by atoms with Crippen molar-refractivity contribution in [2.24, 2.45) is 5.73 Å². The van der Waals surface area contributed by atoms with Gasteiger partial charge in [0, 0.05) is 17.8 Å². The molecule has 0 fully saturated rings. The molecule has 2 aromatic rings. The number of rotatable bonds is 4. The molecular weight excluding hydrogens is 253 g/mol. The van der Waals surface area contributed by atoms with Gasteiger partial charge in [-0.05, 0) is 42.5 Å². The SMILES string of the molecule is NCC(Nc1ccc(F)cc1)c1cc(F)ccc1F. The van der Waals surface area contributed by atoms with Crippen molar-refractivity contribution in [3.63, 3.8) is 0 Å². The van der Waals surface area contributed by atoms with E-state index in [0.717, 1.165) is 18.2 Å². The maximum Gasteiger partial charge on any atom is 0.128 e. The Morgan fingerprint density at radius 2 is 1.58 bits per heavy atom. The van der Waals surface area contributed by atoms with Gasteiger partial charge in [0.05, 0.1) is 6.04 Å². The van der Waals surface area contributed by atoms with Crippen molar-refractivity contribution in [1.29, 1.82) is 0 Å². The van der Waals surface area contributed by atoms with E-state index in [9.17, 15) is 13.2 Å². The Morgan fingerprint density at radius 3 is 2.21 bits per heavy atom. The van der Waals surface area contributed by atoms with E-state index in [4.69, 9.17) is 5.73 Å². The van der Waals surface area contributed by atoms with Gasteiger partial charge in [-0.15, -0.1) is 0 Å². The summed E-state index contributed by atoms with van der Waals surface area (Å²) in [5.74, 6) is -1.44. The van der Waals surface area contributed by atoms with E-state index in [1.54, 1.807) is 0 Å². The van der Waals surface area contributed by atoms with E-state index in [0.29, 0.717) is 5.69 Å². The second-order valence-corrected chi connectivity index (χ2v) is 4.11. The van der Waals surface area contributed by atoms with Crippen LogP contribution in [0.25, 0.3) is 0 Å². The third kappa shape index (κ3) is 3.26. The average Bonchev–Trinajstić information content (AvgIpc) is 2.41. The second kappa shape index (κ2) is 5.75. The molecule has 2 rings (SSSR count). The Morgan fingerprint density at radius 1 is 0.947 bits per heavy atom. The molecule has 0 aromatic heterocycles. The molecule has 0 radical (unpaired) electrons. The quantitative estimate of drug-likeness (QED) is 0.891. The predicted octanol–water partition coefficient (Wildman–Crippen LogP) is 3.22. The summed E-state index contributed by atoms with van der Waals surface area (Å²) in [6, 6.07) is 8.19. The Bertz CT molecular complexity index is 555. The zero-order valence-corrected chi connectivity index (χ0v) is 10.0. The van der Waals surface area contributed by atoms with E-state index in [-0.39, 0.29) is 17.9 Å². The zero-order chi connectivity index (χ0) is 13.8.